The third kappa shape index (κ3) is 8.11. The number of carboxylic acids is 1. The fourth-order valence-corrected chi connectivity index (χ4v) is 3.63. The molecule has 172 valence electrons. The molecule has 0 fully saturated rings. The summed E-state index contributed by atoms with van der Waals surface area (Å²) in [5, 5.41) is 13.4. The van der Waals surface area contributed by atoms with Crippen LogP contribution in [-0.4, -0.2) is 23.4 Å². The monoisotopic (exact) mass is 445 g/mol. The topological polar surface area (TPSA) is 68.1 Å². The highest BCUT2D eigenvalue weighted by Gasteiger charge is 2.15. The van der Waals surface area contributed by atoms with E-state index in [-0.39, 0.29) is 12.7 Å². The van der Waals surface area contributed by atoms with Crippen molar-refractivity contribution < 1.29 is 19.5 Å². The number of rotatable bonds is 13. The van der Waals surface area contributed by atoms with Gasteiger partial charge in [0.15, 0.2) is 12.7 Å². The first kappa shape index (κ1) is 24.1. The quantitative estimate of drug-likeness (QED) is 0.243. The maximum atomic E-state index is 10.7. The summed E-state index contributed by atoms with van der Waals surface area (Å²) in [6.45, 7) is 1.81. The van der Waals surface area contributed by atoms with E-state index in [0.717, 1.165) is 54.5 Å². The molecule has 0 aliphatic carbocycles. The van der Waals surface area contributed by atoms with Gasteiger partial charge in [-0.3, -0.25) is 0 Å². The highest BCUT2D eigenvalue weighted by molar-refractivity contribution is 5.83. The average molecular weight is 446 g/mol. The van der Waals surface area contributed by atoms with Crippen molar-refractivity contribution in [1.82, 2.24) is 0 Å². The van der Waals surface area contributed by atoms with Gasteiger partial charge in [0, 0.05) is 0 Å². The van der Waals surface area contributed by atoms with Gasteiger partial charge in [0.1, 0.15) is 5.75 Å². The number of benzene rings is 3. The molecule has 5 nitrogen and oxygen atoms in total. The van der Waals surface area contributed by atoms with E-state index >= 15 is 0 Å². The summed E-state index contributed by atoms with van der Waals surface area (Å²) in [4.78, 5) is 16.8. The van der Waals surface area contributed by atoms with Crippen molar-refractivity contribution in [1.29, 1.82) is 0 Å². The number of carboxylic acid groups (broad SMARTS) is 1. The van der Waals surface area contributed by atoms with E-state index in [0.29, 0.717) is 5.75 Å². The minimum atomic E-state index is -0.981. The molecule has 0 aliphatic heterocycles. The van der Waals surface area contributed by atoms with Crippen molar-refractivity contribution in [3.63, 3.8) is 0 Å². The van der Waals surface area contributed by atoms with Gasteiger partial charge in [-0.25, -0.2) is 4.79 Å². The first-order valence-corrected chi connectivity index (χ1v) is 11.4. The predicted molar refractivity (Wildman–Crippen MR) is 131 cm³/mol. The van der Waals surface area contributed by atoms with Crippen LogP contribution < -0.4 is 4.74 Å². The molecule has 0 bridgehead atoms. The summed E-state index contributed by atoms with van der Waals surface area (Å²) in [5.74, 6) is -0.403. The Labute approximate surface area is 195 Å². The number of hydrogen-bond acceptors (Lipinski definition) is 4. The molecule has 3 aromatic carbocycles. The van der Waals surface area contributed by atoms with E-state index in [9.17, 15) is 4.79 Å². The Kier molecular flexibility index (Phi) is 9.52. The van der Waals surface area contributed by atoms with Crippen molar-refractivity contribution in [3.8, 4) is 5.75 Å². The molecule has 0 unspecified atom stereocenters. The standard InChI is InChI=1S/C28H31NO4/c1-2-11-25(18-9-12-22-13-10-19-26(20-22)32-21-27(30)31)29-33-28(23-14-5-3-6-15-23)24-16-7-4-8-17-24/h3-8,10,13-17,19-20,28H,2,9,11-12,18,21H2,1H3,(H,30,31). The molecule has 0 heterocycles. The van der Waals surface area contributed by atoms with Gasteiger partial charge >= 0.3 is 5.97 Å². The molecule has 33 heavy (non-hydrogen) atoms. The van der Waals surface area contributed by atoms with Crippen LogP contribution >= 0.6 is 0 Å². The molecule has 0 radical (unpaired) electrons. The summed E-state index contributed by atoms with van der Waals surface area (Å²) in [7, 11) is 0. The predicted octanol–water partition coefficient (Wildman–Crippen LogP) is 6.44. The average Bonchev–Trinajstić information content (AvgIpc) is 2.84. The third-order valence-electron chi connectivity index (χ3n) is 5.22. The number of oxime groups is 1. The lowest BCUT2D eigenvalue weighted by molar-refractivity contribution is -0.139. The Balaban J connectivity index is 1.63. The minimum absolute atomic E-state index is 0.248. The lowest BCUT2D eigenvalue weighted by Gasteiger charge is -2.17. The van der Waals surface area contributed by atoms with Gasteiger partial charge in [0.25, 0.3) is 0 Å². The Morgan fingerprint density at radius 2 is 1.58 bits per heavy atom. The fourth-order valence-electron chi connectivity index (χ4n) is 3.63. The summed E-state index contributed by atoms with van der Waals surface area (Å²) < 4.78 is 5.28. The van der Waals surface area contributed by atoms with Gasteiger partial charge in [0.2, 0.25) is 0 Å². The van der Waals surface area contributed by atoms with Crippen LogP contribution in [0.25, 0.3) is 0 Å². The normalized spacial score (nSPS) is 11.4. The SMILES string of the molecule is CCCC(CCCc1cccc(OCC(=O)O)c1)=NOC(c1ccccc1)c1ccccc1. The number of nitrogens with zero attached hydrogens (tertiary/aromatic N) is 1. The van der Waals surface area contributed by atoms with Crippen LogP contribution in [0.3, 0.4) is 0 Å². The minimum Gasteiger partial charge on any atom is -0.482 e. The number of hydrogen-bond donors (Lipinski definition) is 1. The molecule has 0 atom stereocenters. The van der Waals surface area contributed by atoms with Crippen LogP contribution in [0, 0.1) is 0 Å². The molecule has 0 aliphatic rings. The van der Waals surface area contributed by atoms with E-state index in [1.54, 1.807) is 6.07 Å². The van der Waals surface area contributed by atoms with Crippen LogP contribution in [0.2, 0.25) is 0 Å². The Hall–Kier alpha value is -3.60. The zero-order valence-corrected chi connectivity index (χ0v) is 19.0. The van der Waals surface area contributed by atoms with E-state index < -0.39 is 5.97 Å². The lowest BCUT2D eigenvalue weighted by Crippen LogP contribution is -2.09. The van der Waals surface area contributed by atoms with Crippen molar-refractivity contribution >= 4 is 11.7 Å². The Morgan fingerprint density at radius 3 is 2.18 bits per heavy atom. The fraction of sp³-hybridized carbons (Fsp3) is 0.286. The molecule has 0 amide bonds. The first-order chi connectivity index (χ1) is 16.2. The molecule has 0 spiro atoms. The maximum absolute atomic E-state index is 10.7. The summed E-state index contributed by atoms with van der Waals surface area (Å²) in [5.41, 5.74) is 4.30. The van der Waals surface area contributed by atoms with Crippen LogP contribution in [0.15, 0.2) is 90.1 Å². The van der Waals surface area contributed by atoms with Crippen LogP contribution in [0.4, 0.5) is 0 Å². The first-order valence-electron chi connectivity index (χ1n) is 11.4. The number of aliphatic carboxylic acids is 1. The van der Waals surface area contributed by atoms with Gasteiger partial charge in [-0.1, -0.05) is 91.3 Å². The van der Waals surface area contributed by atoms with E-state index in [4.69, 9.17) is 14.7 Å². The highest BCUT2D eigenvalue weighted by atomic mass is 16.6. The molecule has 3 rings (SSSR count). The largest absolute Gasteiger partial charge is 0.482 e. The van der Waals surface area contributed by atoms with Crippen LogP contribution in [0.1, 0.15) is 55.4 Å². The maximum Gasteiger partial charge on any atom is 0.341 e. The second kappa shape index (κ2) is 13.1. The third-order valence-corrected chi connectivity index (χ3v) is 5.22. The molecular formula is C28H31NO4. The van der Waals surface area contributed by atoms with E-state index in [1.807, 2.05) is 54.6 Å². The van der Waals surface area contributed by atoms with E-state index in [2.05, 4.69) is 36.3 Å². The van der Waals surface area contributed by atoms with Gasteiger partial charge in [-0.05, 0) is 54.5 Å². The van der Waals surface area contributed by atoms with Crippen molar-refractivity contribution in [2.45, 2.75) is 45.1 Å². The molecular weight excluding hydrogens is 414 g/mol. The summed E-state index contributed by atoms with van der Waals surface area (Å²) >= 11 is 0. The zero-order chi connectivity index (χ0) is 23.3. The smallest absolute Gasteiger partial charge is 0.341 e. The van der Waals surface area contributed by atoms with Crippen molar-refractivity contribution in [2.24, 2.45) is 5.16 Å². The number of carbonyl (C=O) groups is 1. The lowest BCUT2D eigenvalue weighted by atomic mass is 10.0. The van der Waals surface area contributed by atoms with E-state index in [1.165, 1.54) is 0 Å². The number of aryl methyl sites for hydroxylation is 1. The summed E-state index contributed by atoms with van der Waals surface area (Å²) in [6, 6.07) is 27.9. The number of ether oxygens (including phenoxy) is 1. The van der Waals surface area contributed by atoms with Gasteiger partial charge in [0.05, 0.1) is 5.71 Å². The van der Waals surface area contributed by atoms with Crippen molar-refractivity contribution in [2.75, 3.05) is 6.61 Å². The Bertz CT molecular complexity index is 979. The molecule has 3 aromatic rings. The second-order valence-electron chi connectivity index (χ2n) is 7.90. The molecule has 5 heteroatoms. The zero-order valence-electron chi connectivity index (χ0n) is 19.0. The second-order valence-corrected chi connectivity index (χ2v) is 7.90. The van der Waals surface area contributed by atoms with Crippen LogP contribution in [0.5, 0.6) is 5.75 Å². The molecule has 1 N–H and O–H groups in total. The van der Waals surface area contributed by atoms with Gasteiger partial charge in [-0.15, -0.1) is 0 Å². The summed E-state index contributed by atoms with van der Waals surface area (Å²) in [6.07, 6.45) is 4.26. The van der Waals surface area contributed by atoms with Crippen molar-refractivity contribution in [3.05, 3.63) is 102 Å². The molecule has 0 saturated carbocycles. The van der Waals surface area contributed by atoms with Gasteiger partial charge < -0.3 is 14.7 Å². The highest BCUT2D eigenvalue weighted by Crippen LogP contribution is 2.26. The molecule has 0 saturated heterocycles. The van der Waals surface area contributed by atoms with Crippen LogP contribution in [-0.2, 0) is 16.1 Å². The molecule has 0 aromatic heterocycles. The Morgan fingerprint density at radius 1 is 0.909 bits per heavy atom. The van der Waals surface area contributed by atoms with Gasteiger partial charge in [-0.2, -0.15) is 0 Å².